The Morgan fingerprint density at radius 3 is 2.00 bits per heavy atom. The van der Waals surface area contributed by atoms with E-state index in [2.05, 4.69) is 10.2 Å². The normalized spacial score (nSPS) is 11.4. The number of hydrogen-bond acceptors (Lipinski definition) is 7. The molecule has 0 heterocycles. The number of benzene rings is 3. The lowest BCUT2D eigenvalue weighted by Crippen LogP contribution is -2.30. The molecular weight excluding hydrogens is 416 g/mol. The van der Waals surface area contributed by atoms with Gasteiger partial charge in [-0.05, 0) is 60.7 Å². The number of nitrogens with one attached hydrogen (secondary N) is 1. The van der Waals surface area contributed by atoms with Gasteiger partial charge < -0.3 is 10.0 Å². The van der Waals surface area contributed by atoms with Gasteiger partial charge in [-0.1, -0.05) is 18.2 Å². The van der Waals surface area contributed by atoms with Crippen molar-refractivity contribution >= 4 is 33.0 Å². The van der Waals surface area contributed by atoms with Crippen molar-refractivity contribution in [3.8, 4) is 0 Å². The summed E-state index contributed by atoms with van der Waals surface area (Å²) in [5, 5.41) is 17.2. The molecule has 3 aromatic carbocycles. The number of aliphatic hydroxyl groups is 1. The highest BCUT2D eigenvalue weighted by atomic mass is 32.2. The molecule has 0 aromatic heterocycles. The van der Waals surface area contributed by atoms with Gasteiger partial charge in [0.1, 0.15) is 0 Å². The van der Waals surface area contributed by atoms with E-state index >= 15 is 0 Å². The Morgan fingerprint density at radius 1 is 0.903 bits per heavy atom. The lowest BCUT2D eigenvalue weighted by Gasteiger charge is -2.17. The minimum Gasteiger partial charge on any atom is -0.395 e. The van der Waals surface area contributed by atoms with Crippen molar-refractivity contribution in [2.75, 3.05) is 25.1 Å². The number of likely N-dealkylation sites (N-methyl/N-ethyl adjacent to an activating group) is 1. The molecule has 0 saturated carbocycles. The molecule has 9 heteroatoms. The Balaban J connectivity index is 1.66. The highest BCUT2D eigenvalue weighted by molar-refractivity contribution is 7.90. The van der Waals surface area contributed by atoms with Gasteiger partial charge in [-0.2, -0.15) is 10.2 Å². The van der Waals surface area contributed by atoms with Crippen LogP contribution in [0.25, 0.3) is 0 Å². The molecule has 0 spiro atoms. The monoisotopic (exact) mass is 438 g/mol. The highest BCUT2D eigenvalue weighted by Crippen LogP contribution is 2.22. The third kappa shape index (κ3) is 5.97. The quantitative estimate of drug-likeness (QED) is 0.522. The average molecular weight is 439 g/mol. The van der Waals surface area contributed by atoms with E-state index in [1.165, 1.54) is 36.4 Å². The lowest BCUT2D eigenvalue weighted by molar-refractivity contribution is 0.0981. The number of rotatable bonds is 8. The maximum atomic E-state index is 12.4. The molecule has 0 bridgehead atoms. The van der Waals surface area contributed by atoms with Gasteiger partial charge in [-0.3, -0.25) is 4.79 Å². The first-order valence-electron chi connectivity index (χ1n) is 9.45. The molecule has 0 unspecified atom stereocenters. The molecular formula is C22H22N4O4S. The molecule has 0 aliphatic heterocycles. The second-order valence-corrected chi connectivity index (χ2v) is 8.34. The first-order chi connectivity index (χ1) is 14.9. The fourth-order valence-electron chi connectivity index (χ4n) is 2.69. The number of azo groups is 1. The van der Waals surface area contributed by atoms with Crippen LogP contribution >= 0.6 is 0 Å². The van der Waals surface area contributed by atoms with E-state index in [4.69, 9.17) is 5.11 Å². The molecule has 0 radical (unpaired) electrons. The molecule has 0 fully saturated rings. The Bertz CT molecular complexity index is 1150. The number of aliphatic hydroxyl groups excluding tert-OH is 1. The number of hydrogen-bond donors (Lipinski definition) is 2. The summed E-state index contributed by atoms with van der Waals surface area (Å²) in [5.74, 6) is -0.697. The first-order valence-corrected chi connectivity index (χ1v) is 10.9. The van der Waals surface area contributed by atoms with Crippen LogP contribution in [0.15, 0.2) is 94.0 Å². The smallest absolute Gasteiger partial charge is 0.264 e. The van der Waals surface area contributed by atoms with Crippen LogP contribution in [-0.4, -0.2) is 39.6 Å². The molecule has 0 aliphatic rings. The largest absolute Gasteiger partial charge is 0.395 e. The minimum atomic E-state index is -4.00. The van der Waals surface area contributed by atoms with Crippen LogP contribution in [-0.2, 0) is 10.0 Å². The third-order valence-electron chi connectivity index (χ3n) is 4.42. The standard InChI is InChI=1S/C22H22N4O4S/c1-26(15-16-27)20-11-7-18(8-12-20)23-24-19-9-13-21(14-10-19)31(29,30)25-22(28)17-5-3-2-4-6-17/h2-14,27H,15-16H2,1H3,(H,25,28). The molecule has 0 atom stereocenters. The van der Waals surface area contributed by atoms with Crippen LogP contribution in [0.1, 0.15) is 10.4 Å². The Kier molecular flexibility index (Phi) is 7.11. The van der Waals surface area contributed by atoms with Crippen LogP contribution in [0.2, 0.25) is 0 Å². The van der Waals surface area contributed by atoms with Gasteiger partial charge in [0.25, 0.3) is 15.9 Å². The number of carbonyl (C=O) groups excluding carboxylic acids is 1. The van der Waals surface area contributed by atoms with Crippen LogP contribution in [0.5, 0.6) is 0 Å². The number of amides is 1. The SMILES string of the molecule is CN(CCO)c1ccc(N=Nc2ccc(S(=O)(=O)NC(=O)c3ccccc3)cc2)cc1. The van der Waals surface area contributed by atoms with Gasteiger partial charge in [-0.25, -0.2) is 13.1 Å². The second-order valence-electron chi connectivity index (χ2n) is 6.66. The van der Waals surface area contributed by atoms with Crippen molar-refractivity contribution in [3.63, 3.8) is 0 Å². The van der Waals surface area contributed by atoms with E-state index < -0.39 is 15.9 Å². The summed E-state index contributed by atoms with van der Waals surface area (Å²) >= 11 is 0. The van der Waals surface area contributed by atoms with Crippen molar-refractivity contribution in [3.05, 3.63) is 84.4 Å². The molecule has 0 saturated heterocycles. The van der Waals surface area contributed by atoms with E-state index in [9.17, 15) is 13.2 Å². The van der Waals surface area contributed by atoms with Crippen molar-refractivity contribution < 1.29 is 18.3 Å². The molecule has 31 heavy (non-hydrogen) atoms. The zero-order chi connectivity index (χ0) is 22.3. The average Bonchev–Trinajstić information content (AvgIpc) is 2.79. The van der Waals surface area contributed by atoms with Crippen molar-refractivity contribution in [1.82, 2.24) is 4.72 Å². The van der Waals surface area contributed by atoms with Gasteiger partial charge in [-0.15, -0.1) is 0 Å². The van der Waals surface area contributed by atoms with Gasteiger partial charge >= 0.3 is 0 Å². The summed E-state index contributed by atoms with van der Waals surface area (Å²) < 4.78 is 26.9. The van der Waals surface area contributed by atoms with Crippen LogP contribution in [0, 0.1) is 0 Å². The van der Waals surface area contributed by atoms with E-state index in [0.717, 1.165) is 5.69 Å². The summed E-state index contributed by atoms with van der Waals surface area (Å²) in [6.45, 7) is 0.599. The van der Waals surface area contributed by atoms with Crippen LogP contribution < -0.4 is 9.62 Å². The summed E-state index contributed by atoms with van der Waals surface area (Å²) in [6, 6.07) is 21.2. The van der Waals surface area contributed by atoms with Gasteiger partial charge in [0, 0.05) is 24.8 Å². The zero-order valence-corrected chi connectivity index (χ0v) is 17.7. The second kappa shape index (κ2) is 9.96. The molecule has 3 aromatic rings. The van der Waals surface area contributed by atoms with Crippen molar-refractivity contribution in [1.29, 1.82) is 0 Å². The molecule has 160 valence electrons. The molecule has 3 rings (SSSR count). The summed E-state index contributed by atoms with van der Waals surface area (Å²) in [4.78, 5) is 14.0. The Hall–Kier alpha value is -3.56. The summed E-state index contributed by atoms with van der Waals surface area (Å²) in [7, 11) is -2.12. The Labute approximate surface area is 180 Å². The van der Waals surface area contributed by atoms with Crippen LogP contribution in [0.4, 0.5) is 17.1 Å². The maximum Gasteiger partial charge on any atom is 0.264 e. The number of sulfonamides is 1. The fourth-order valence-corrected chi connectivity index (χ4v) is 3.66. The predicted molar refractivity (Wildman–Crippen MR) is 119 cm³/mol. The summed E-state index contributed by atoms with van der Waals surface area (Å²) in [6.07, 6.45) is 0. The highest BCUT2D eigenvalue weighted by Gasteiger charge is 2.18. The first kappa shape index (κ1) is 22.1. The molecule has 2 N–H and O–H groups in total. The summed E-state index contributed by atoms with van der Waals surface area (Å²) in [5.41, 5.74) is 2.30. The maximum absolute atomic E-state index is 12.4. The predicted octanol–water partition coefficient (Wildman–Crippen LogP) is 3.65. The van der Waals surface area contributed by atoms with Gasteiger partial charge in [0.15, 0.2) is 0 Å². The van der Waals surface area contributed by atoms with Gasteiger partial charge in [0.05, 0.1) is 22.9 Å². The number of anilines is 1. The Morgan fingerprint density at radius 2 is 1.45 bits per heavy atom. The van der Waals surface area contributed by atoms with Crippen molar-refractivity contribution in [2.45, 2.75) is 4.90 Å². The van der Waals surface area contributed by atoms with Gasteiger partial charge in [0.2, 0.25) is 0 Å². The number of nitrogens with zero attached hydrogens (tertiary/aromatic N) is 3. The molecule has 0 aliphatic carbocycles. The topological polar surface area (TPSA) is 111 Å². The van der Waals surface area contributed by atoms with E-state index in [-0.39, 0.29) is 17.1 Å². The van der Waals surface area contributed by atoms with Crippen LogP contribution in [0.3, 0.4) is 0 Å². The molecule has 1 amide bonds. The van der Waals surface area contributed by atoms with E-state index in [1.807, 2.05) is 28.8 Å². The van der Waals surface area contributed by atoms with Crippen molar-refractivity contribution in [2.24, 2.45) is 10.2 Å². The zero-order valence-electron chi connectivity index (χ0n) is 16.8. The molecule has 8 nitrogen and oxygen atoms in total. The lowest BCUT2D eigenvalue weighted by atomic mass is 10.2. The fraction of sp³-hybridized carbons (Fsp3) is 0.136. The van der Waals surface area contributed by atoms with E-state index in [1.54, 1.807) is 30.3 Å². The third-order valence-corrected chi connectivity index (χ3v) is 5.76. The number of carbonyl (C=O) groups is 1. The van der Waals surface area contributed by atoms with E-state index in [0.29, 0.717) is 17.9 Å². The minimum absolute atomic E-state index is 0.0491.